The first-order chi connectivity index (χ1) is 9.77. The van der Waals surface area contributed by atoms with Crippen LogP contribution in [0.2, 0.25) is 0 Å². The number of nitrogens with one attached hydrogen (secondary N) is 1. The summed E-state index contributed by atoms with van der Waals surface area (Å²) in [5.74, 6) is 0.595. The van der Waals surface area contributed by atoms with Gasteiger partial charge in [-0.1, -0.05) is 57.9 Å². The van der Waals surface area contributed by atoms with E-state index in [4.69, 9.17) is 4.74 Å². The summed E-state index contributed by atoms with van der Waals surface area (Å²) in [7, 11) is 0. The van der Waals surface area contributed by atoms with Crippen LogP contribution < -0.4 is 5.32 Å². The Kier molecular flexibility index (Phi) is 6.06. The van der Waals surface area contributed by atoms with Crippen molar-refractivity contribution < 1.29 is 4.74 Å². The molecule has 3 unspecified atom stereocenters. The molecule has 1 aliphatic carbocycles. The van der Waals surface area contributed by atoms with Crippen molar-refractivity contribution in [3.63, 3.8) is 0 Å². The molecule has 3 atom stereocenters. The van der Waals surface area contributed by atoms with Gasteiger partial charge in [-0.05, 0) is 36.4 Å². The van der Waals surface area contributed by atoms with E-state index < -0.39 is 0 Å². The molecule has 2 rings (SSSR count). The summed E-state index contributed by atoms with van der Waals surface area (Å²) < 4.78 is 6.21. The predicted octanol–water partition coefficient (Wildman–Crippen LogP) is 4.42. The van der Waals surface area contributed by atoms with Crippen LogP contribution in [-0.4, -0.2) is 19.3 Å². The summed E-state index contributed by atoms with van der Waals surface area (Å²) in [6.07, 6.45) is 5.15. The van der Waals surface area contributed by atoms with E-state index in [1.54, 1.807) is 0 Å². The summed E-state index contributed by atoms with van der Waals surface area (Å²) in [4.78, 5) is 0. The van der Waals surface area contributed by atoms with Crippen molar-refractivity contribution in [1.29, 1.82) is 0 Å². The summed E-state index contributed by atoms with van der Waals surface area (Å²) in [6, 6.07) is 9.20. The molecule has 112 valence electrons. The lowest BCUT2D eigenvalue weighted by Gasteiger charge is -2.37. The smallest absolute Gasteiger partial charge is 0.0775 e. The maximum atomic E-state index is 6.21. The minimum atomic E-state index is 0.316. The Hall–Kier alpha value is -0.860. The first-order valence-electron chi connectivity index (χ1n) is 8.21. The number of likely N-dealkylation sites (N-methyl/N-ethyl adjacent to an activating group) is 1. The Labute approximate surface area is 123 Å². The topological polar surface area (TPSA) is 21.3 Å². The Bertz CT molecular complexity index is 404. The van der Waals surface area contributed by atoms with Crippen LogP contribution in [0.15, 0.2) is 24.3 Å². The SMILES string of the molecule is CCCCCOC1CC(C)c2ccccc2C1NCC. The Morgan fingerprint density at radius 1 is 1.15 bits per heavy atom. The highest BCUT2D eigenvalue weighted by atomic mass is 16.5. The lowest BCUT2D eigenvalue weighted by Crippen LogP contribution is -2.38. The molecule has 1 aromatic carbocycles. The fourth-order valence-electron chi connectivity index (χ4n) is 3.27. The van der Waals surface area contributed by atoms with Crippen molar-refractivity contribution in [1.82, 2.24) is 5.32 Å². The van der Waals surface area contributed by atoms with E-state index in [-0.39, 0.29) is 0 Å². The third-order valence-corrected chi connectivity index (χ3v) is 4.32. The molecule has 2 nitrogen and oxygen atoms in total. The van der Waals surface area contributed by atoms with Crippen LogP contribution in [0, 0.1) is 0 Å². The van der Waals surface area contributed by atoms with Crippen molar-refractivity contribution in [3.05, 3.63) is 35.4 Å². The van der Waals surface area contributed by atoms with Gasteiger partial charge < -0.3 is 10.1 Å². The van der Waals surface area contributed by atoms with Crippen molar-refractivity contribution in [2.24, 2.45) is 0 Å². The summed E-state index contributed by atoms with van der Waals surface area (Å²) in [5.41, 5.74) is 2.93. The molecule has 0 saturated heterocycles. The number of benzene rings is 1. The van der Waals surface area contributed by atoms with E-state index in [9.17, 15) is 0 Å². The minimum absolute atomic E-state index is 0.316. The Morgan fingerprint density at radius 3 is 2.60 bits per heavy atom. The molecule has 1 aliphatic rings. The lowest BCUT2D eigenvalue weighted by molar-refractivity contribution is 0.00936. The Balaban J connectivity index is 2.08. The van der Waals surface area contributed by atoms with Gasteiger partial charge in [-0.15, -0.1) is 0 Å². The first kappa shape index (κ1) is 15.5. The first-order valence-corrected chi connectivity index (χ1v) is 8.21. The van der Waals surface area contributed by atoms with Gasteiger partial charge in [0.05, 0.1) is 12.1 Å². The van der Waals surface area contributed by atoms with E-state index in [1.165, 1.54) is 30.4 Å². The van der Waals surface area contributed by atoms with E-state index in [0.717, 1.165) is 19.6 Å². The number of hydrogen-bond acceptors (Lipinski definition) is 2. The van der Waals surface area contributed by atoms with E-state index in [1.807, 2.05) is 0 Å². The molecule has 20 heavy (non-hydrogen) atoms. The number of unbranched alkanes of at least 4 members (excludes halogenated alkanes) is 2. The molecule has 0 bridgehead atoms. The molecule has 1 N–H and O–H groups in total. The second-order valence-corrected chi connectivity index (χ2v) is 5.92. The normalized spacial score (nSPS) is 25.4. The largest absolute Gasteiger partial charge is 0.376 e. The Morgan fingerprint density at radius 2 is 1.90 bits per heavy atom. The van der Waals surface area contributed by atoms with Crippen LogP contribution in [-0.2, 0) is 4.74 Å². The van der Waals surface area contributed by atoms with Gasteiger partial charge in [0.25, 0.3) is 0 Å². The van der Waals surface area contributed by atoms with Gasteiger partial charge in [0.15, 0.2) is 0 Å². The van der Waals surface area contributed by atoms with Crippen LogP contribution in [0.25, 0.3) is 0 Å². The fourth-order valence-corrected chi connectivity index (χ4v) is 3.27. The number of hydrogen-bond donors (Lipinski definition) is 1. The number of ether oxygens (including phenoxy) is 1. The summed E-state index contributed by atoms with van der Waals surface area (Å²) in [5, 5.41) is 3.63. The van der Waals surface area contributed by atoms with Crippen LogP contribution in [0.3, 0.4) is 0 Å². The highest BCUT2D eigenvalue weighted by Crippen LogP contribution is 2.38. The van der Waals surface area contributed by atoms with Gasteiger partial charge in [0.2, 0.25) is 0 Å². The van der Waals surface area contributed by atoms with Gasteiger partial charge in [-0.25, -0.2) is 0 Å². The molecule has 0 aromatic heterocycles. The van der Waals surface area contributed by atoms with Gasteiger partial charge in [-0.2, -0.15) is 0 Å². The maximum absolute atomic E-state index is 6.21. The highest BCUT2D eigenvalue weighted by molar-refractivity contribution is 5.36. The van der Waals surface area contributed by atoms with Crippen LogP contribution in [0.4, 0.5) is 0 Å². The van der Waals surface area contributed by atoms with Gasteiger partial charge in [-0.3, -0.25) is 0 Å². The minimum Gasteiger partial charge on any atom is -0.376 e. The second-order valence-electron chi connectivity index (χ2n) is 5.92. The van der Waals surface area contributed by atoms with Gasteiger partial charge in [0.1, 0.15) is 0 Å². The quantitative estimate of drug-likeness (QED) is 0.744. The van der Waals surface area contributed by atoms with Gasteiger partial charge >= 0.3 is 0 Å². The molecular weight excluding hydrogens is 246 g/mol. The molecule has 1 aromatic rings. The molecule has 0 heterocycles. The molecule has 0 aliphatic heterocycles. The molecule has 0 fully saturated rings. The van der Waals surface area contributed by atoms with Crippen molar-refractivity contribution in [2.45, 2.75) is 64.5 Å². The molecule has 0 spiro atoms. The molecule has 2 heteroatoms. The average Bonchev–Trinajstić information content (AvgIpc) is 2.47. The predicted molar refractivity (Wildman–Crippen MR) is 85.2 cm³/mol. The van der Waals surface area contributed by atoms with E-state index in [2.05, 4.69) is 50.4 Å². The third kappa shape index (κ3) is 3.62. The van der Waals surface area contributed by atoms with Crippen LogP contribution in [0.1, 0.15) is 69.5 Å². The second kappa shape index (κ2) is 7.80. The average molecular weight is 275 g/mol. The van der Waals surface area contributed by atoms with E-state index >= 15 is 0 Å². The fraction of sp³-hybridized carbons (Fsp3) is 0.667. The molecular formula is C18H29NO. The van der Waals surface area contributed by atoms with Crippen molar-refractivity contribution >= 4 is 0 Å². The van der Waals surface area contributed by atoms with Crippen LogP contribution in [0.5, 0.6) is 0 Å². The summed E-state index contributed by atoms with van der Waals surface area (Å²) in [6.45, 7) is 8.62. The van der Waals surface area contributed by atoms with E-state index in [0.29, 0.717) is 18.1 Å². The van der Waals surface area contributed by atoms with Crippen molar-refractivity contribution in [3.8, 4) is 0 Å². The monoisotopic (exact) mass is 275 g/mol. The zero-order valence-electron chi connectivity index (χ0n) is 13.2. The van der Waals surface area contributed by atoms with Gasteiger partial charge in [0, 0.05) is 6.61 Å². The number of fused-ring (bicyclic) bond motifs is 1. The van der Waals surface area contributed by atoms with Crippen molar-refractivity contribution in [2.75, 3.05) is 13.2 Å². The maximum Gasteiger partial charge on any atom is 0.0775 e. The lowest BCUT2D eigenvalue weighted by atomic mass is 9.79. The van der Waals surface area contributed by atoms with Crippen LogP contribution >= 0.6 is 0 Å². The number of rotatable bonds is 7. The molecule has 0 saturated carbocycles. The third-order valence-electron chi connectivity index (χ3n) is 4.32. The molecule has 0 amide bonds. The standard InChI is InChI=1S/C18H29NO/c1-4-6-9-12-20-17-13-14(3)15-10-7-8-11-16(15)18(17)19-5-2/h7-8,10-11,14,17-19H,4-6,9,12-13H2,1-3H3. The highest BCUT2D eigenvalue weighted by Gasteiger charge is 2.32. The molecule has 0 radical (unpaired) electrons. The zero-order chi connectivity index (χ0) is 14.4. The summed E-state index contributed by atoms with van der Waals surface area (Å²) >= 11 is 0. The zero-order valence-corrected chi connectivity index (χ0v) is 13.2.